The normalized spacial score (nSPS) is 18.7. The summed E-state index contributed by atoms with van der Waals surface area (Å²) in [6.45, 7) is 2.12. The highest BCUT2D eigenvalue weighted by atomic mass is 16.5. The highest BCUT2D eigenvalue weighted by Gasteiger charge is 2.13. The first kappa shape index (κ1) is 13.0. The van der Waals surface area contributed by atoms with E-state index in [1.165, 1.54) is 12.8 Å². The molecule has 0 bridgehead atoms. The SMILES string of the molecule is COc1ccc(NCCC2CCCN2)c(OC)c1. The fourth-order valence-electron chi connectivity index (χ4n) is 2.33. The molecule has 1 atom stereocenters. The first-order valence-electron chi connectivity index (χ1n) is 6.53. The summed E-state index contributed by atoms with van der Waals surface area (Å²) in [5, 5.41) is 6.92. The van der Waals surface area contributed by atoms with Gasteiger partial charge in [0.25, 0.3) is 0 Å². The number of nitrogens with one attached hydrogen (secondary N) is 2. The van der Waals surface area contributed by atoms with Gasteiger partial charge in [-0.25, -0.2) is 0 Å². The van der Waals surface area contributed by atoms with Crippen molar-refractivity contribution in [2.45, 2.75) is 25.3 Å². The predicted octanol–water partition coefficient (Wildman–Crippen LogP) is 2.26. The van der Waals surface area contributed by atoms with E-state index in [0.29, 0.717) is 6.04 Å². The smallest absolute Gasteiger partial charge is 0.145 e. The third kappa shape index (κ3) is 3.29. The van der Waals surface area contributed by atoms with Crippen molar-refractivity contribution in [2.75, 3.05) is 32.6 Å². The van der Waals surface area contributed by atoms with E-state index in [4.69, 9.17) is 9.47 Å². The van der Waals surface area contributed by atoms with Gasteiger partial charge < -0.3 is 20.1 Å². The molecule has 1 heterocycles. The molecule has 1 fully saturated rings. The van der Waals surface area contributed by atoms with E-state index in [1.54, 1.807) is 14.2 Å². The molecule has 4 nitrogen and oxygen atoms in total. The summed E-state index contributed by atoms with van der Waals surface area (Å²) in [5.74, 6) is 1.64. The number of rotatable bonds is 6. The molecule has 0 aromatic heterocycles. The molecule has 1 saturated heterocycles. The van der Waals surface area contributed by atoms with E-state index in [0.717, 1.165) is 36.7 Å². The van der Waals surface area contributed by atoms with Crippen LogP contribution in [0, 0.1) is 0 Å². The molecule has 2 N–H and O–H groups in total. The van der Waals surface area contributed by atoms with Crippen molar-refractivity contribution in [1.29, 1.82) is 0 Å². The summed E-state index contributed by atoms with van der Waals surface area (Å²) in [6, 6.07) is 6.51. The zero-order valence-corrected chi connectivity index (χ0v) is 11.2. The molecule has 18 heavy (non-hydrogen) atoms. The van der Waals surface area contributed by atoms with Crippen molar-refractivity contribution in [3.63, 3.8) is 0 Å². The molecule has 0 saturated carbocycles. The maximum absolute atomic E-state index is 5.35. The zero-order chi connectivity index (χ0) is 12.8. The molecule has 0 amide bonds. The molecule has 1 unspecified atom stereocenters. The fraction of sp³-hybridized carbons (Fsp3) is 0.571. The minimum atomic E-state index is 0.668. The van der Waals surface area contributed by atoms with E-state index < -0.39 is 0 Å². The Kier molecular flexibility index (Phi) is 4.70. The lowest BCUT2D eigenvalue weighted by atomic mass is 10.1. The van der Waals surface area contributed by atoms with Crippen molar-refractivity contribution >= 4 is 5.69 Å². The van der Waals surface area contributed by atoms with Gasteiger partial charge >= 0.3 is 0 Å². The Bertz CT molecular complexity index is 376. The number of methoxy groups -OCH3 is 2. The van der Waals surface area contributed by atoms with Crippen molar-refractivity contribution < 1.29 is 9.47 Å². The van der Waals surface area contributed by atoms with E-state index in [9.17, 15) is 0 Å². The van der Waals surface area contributed by atoms with Crippen LogP contribution >= 0.6 is 0 Å². The topological polar surface area (TPSA) is 42.5 Å². The number of anilines is 1. The minimum absolute atomic E-state index is 0.668. The van der Waals surface area contributed by atoms with Gasteiger partial charge in [-0.3, -0.25) is 0 Å². The van der Waals surface area contributed by atoms with Gasteiger partial charge in [-0.2, -0.15) is 0 Å². The molecule has 1 aliphatic heterocycles. The van der Waals surface area contributed by atoms with Gasteiger partial charge in [0.1, 0.15) is 11.5 Å². The van der Waals surface area contributed by atoms with Gasteiger partial charge in [-0.05, 0) is 37.9 Å². The lowest BCUT2D eigenvalue weighted by Crippen LogP contribution is -2.24. The Labute approximate surface area is 109 Å². The van der Waals surface area contributed by atoms with E-state index in [2.05, 4.69) is 10.6 Å². The van der Waals surface area contributed by atoms with Gasteiger partial charge in [-0.1, -0.05) is 0 Å². The molecular weight excluding hydrogens is 228 g/mol. The van der Waals surface area contributed by atoms with Gasteiger partial charge in [0.15, 0.2) is 0 Å². The van der Waals surface area contributed by atoms with Crippen LogP contribution in [0.3, 0.4) is 0 Å². The average molecular weight is 250 g/mol. The third-order valence-electron chi connectivity index (χ3n) is 3.38. The highest BCUT2D eigenvalue weighted by molar-refractivity contribution is 5.59. The standard InChI is InChI=1S/C14H22N2O2/c1-17-12-5-6-13(14(10-12)18-2)16-9-7-11-4-3-8-15-11/h5-6,10-11,15-16H,3-4,7-9H2,1-2H3. The lowest BCUT2D eigenvalue weighted by Gasteiger charge is -2.14. The molecular formula is C14H22N2O2. The minimum Gasteiger partial charge on any atom is -0.497 e. The number of hydrogen-bond acceptors (Lipinski definition) is 4. The van der Waals surface area contributed by atoms with E-state index in [1.807, 2.05) is 18.2 Å². The Hall–Kier alpha value is -1.42. The Morgan fingerprint density at radius 2 is 2.22 bits per heavy atom. The van der Waals surface area contributed by atoms with E-state index in [-0.39, 0.29) is 0 Å². The van der Waals surface area contributed by atoms with Crippen LogP contribution in [0.25, 0.3) is 0 Å². The third-order valence-corrected chi connectivity index (χ3v) is 3.38. The van der Waals surface area contributed by atoms with Crippen molar-refractivity contribution in [1.82, 2.24) is 5.32 Å². The second kappa shape index (κ2) is 6.50. The van der Waals surface area contributed by atoms with Crippen LogP contribution in [-0.2, 0) is 0 Å². The fourth-order valence-corrected chi connectivity index (χ4v) is 2.33. The van der Waals surface area contributed by atoms with Crippen LogP contribution in [0.4, 0.5) is 5.69 Å². The van der Waals surface area contributed by atoms with Gasteiger partial charge in [0, 0.05) is 18.7 Å². The molecule has 1 aromatic rings. The second-order valence-electron chi connectivity index (χ2n) is 4.57. The molecule has 1 aliphatic rings. The summed E-state index contributed by atoms with van der Waals surface area (Å²) in [4.78, 5) is 0. The first-order valence-corrected chi connectivity index (χ1v) is 6.53. The molecule has 0 aliphatic carbocycles. The number of ether oxygens (including phenoxy) is 2. The second-order valence-corrected chi connectivity index (χ2v) is 4.57. The maximum Gasteiger partial charge on any atom is 0.145 e. The highest BCUT2D eigenvalue weighted by Crippen LogP contribution is 2.29. The summed E-state index contributed by atoms with van der Waals surface area (Å²) < 4.78 is 10.5. The molecule has 2 rings (SSSR count). The molecule has 0 spiro atoms. The molecule has 100 valence electrons. The Morgan fingerprint density at radius 3 is 2.89 bits per heavy atom. The summed E-state index contributed by atoms with van der Waals surface area (Å²) in [5.41, 5.74) is 1.02. The Morgan fingerprint density at radius 1 is 1.33 bits per heavy atom. The van der Waals surface area contributed by atoms with Crippen LogP contribution in [-0.4, -0.2) is 33.4 Å². The van der Waals surface area contributed by atoms with Crippen molar-refractivity contribution in [3.05, 3.63) is 18.2 Å². The molecule has 1 aromatic carbocycles. The van der Waals surface area contributed by atoms with Crippen LogP contribution in [0.5, 0.6) is 11.5 Å². The summed E-state index contributed by atoms with van der Waals surface area (Å²) in [7, 11) is 3.34. The lowest BCUT2D eigenvalue weighted by molar-refractivity contribution is 0.395. The Balaban J connectivity index is 1.87. The molecule has 0 radical (unpaired) electrons. The van der Waals surface area contributed by atoms with Gasteiger partial charge in [0.2, 0.25) is 0 Å². The van der Waals surface area contributed by atoms with Crippen LogP contribution in [0.1, 0.15) is 19.3 Å². The van der Waals surface area contributed by atoms with Crippen molar-refractivity contribution in [3.8, 4) is 11.5 Å². The average Bonchev–Trinajstić information content (AvgIpc) is 2.92. The van der Waals surface area contributed by atoms with Crippen LogP contribution < -0.4 is 20.1 Å². The first-order chi connectivity index (χ1) is 8.83. The predicted molar refractivity (Wildman–Crippen MR) is 73.7 cm³/mol. The zero-order valence-electron chi connectivity index (χ0n) is 11.2. The largest absolute Gasteiger partial charge is 0.497 e. The molecule has 4 heteroatoms. The van der Waals surface area contributed by atoms with Gasteiger partial charge in [0.05, 0.1) is 19.9 Å². The summed E-state index contributed by atoms with van der Waals surface area (Å²) >= 11 is 0. The van der Waals surface area contributed by atoms with Crippen LogP contribution in [0.2, 0.25) is 0 Å². The van der Waals surface area contributed by atoms with E-state index >= 15 is 0 Å². The van der Waals surface area contributed by atoms with Crippen molar-refractivity contribution in [2.24, 2.45) is 0 Å². The van der Waals surface area contributed by atoms with Gasteiger partial charge in [-0.15, -0.1) is 0 Å². The number of hydrogen-bond donors (Lipinski definition) is 2. The number of benzene rings is 1. The quantitative estimate of drug-likeness (QED) is 0.812. The maximum atomic E-state index is 5.35. The monoisotopic (exact) mass is 250 g/mol. The van der Waals surface area contributed by atoms with Crippen LogP contribution in [0.15, 0.2) is 18.2 Å². The summed E-state index contributed by atoms with van der Waals surface area (Å²) in [6.07, 6.45) is 3.74.